The zero-order valence-corrected chi connectivity index (χ0v) is 38.0. The van der Waals surface area contributed by atoms with Crippen molar-refractivity contribution in [1.29, 1.82) is 0 Å². The van der Waals surface area contributed by atoms with E-state index in [0.29, 0.717) is 5.56 Å². The lowest BCUT2D eigenvalue weighted by molar-refractivity contribution is -0.149. The molecule has 0 spiro atoms. The second kappa shape index (κ2) is 21.6. The molecule has 18 heteroatoms. The molecule has 0 aromatic heterocycles. The molecule has 0 radical (unpaired) electrons. The zero-order chi connectivity index (χ0) is 44.3. The van der Waals surface area contributed by atoms with Crippen molar-refractivity contribution in [2.24, 2.45) is 0 Å². The van der Waals surface area contributed by atoms with Crippen molar-refractivity contribution in [3.05, 3.63) is 161 Å². The van der Waals surface area contributed by atoms with Crippen LogP contribution in [0.15, 0.2) is 133 Å². The predicted octanol–water partition coefficient (Wildman–Crippen LogP) is 10.9. The maximum Gasteiger partial charge on any atom is 0.530 e. The average Bonchev–Trinajstić information content (AvgIpc) is 3.57. The normalized spacial score (nSPS) is 13.6. The number of alkyl carbamates (subject to hydrolysis) is 1. The molecule has 0 fully saturated rings. The summed E-state index contributed by atoms with van der Waals surface area (Å²) in [6.07, 6.45) is -0.861. The fraction of sp³-hybridized carbons (Fsp3) is 0.250. The number of carbonyl (C=O) groups is 3. The van der Waals surface area contributed by atoms with Crippen molar-refractivity contribution in [3.63, 3.8) is 0 Å². The molecule has 2 atom stereocenters. The number of hydrogen-bond donors (Lipinski definition) is 2. The second-order valence-corrected chi connectivity index (χ2v) is 20.7. The Kier molecular flexibility index (Phi) is 16.5. The number of phosphoric ester groups is 1. The lowest BCUT2D eigenvalue weighted by atomic mass is 9.98. The van der Waals surface area contributed by atoms with E-state index in [1.165, 1.54) is 12.1 Å². The standard InChI is InChI=1S/C44H39Cl6N2O9P/c45-43(46,47)27-59-62(56,60-28-44(48,49)50)61-32-21-19-30(20-22-32)23-38(52-42(55)58-26-37-35-17-9-7-15-33(35)34-16-8-10-18-36(34)37)40(53)51-39(24-29-11-3-1-4-12-29)41(54)57-25-31-13-5-2-6-14-31/h1-22,37-39H,23-28H2,(H,51,53)(H,52,55)/t38-,39-/m0/s1. The van der Waals surface area contributed by atoms with E-state index in [9.17, 15) is 18.9 Å². The van der Waals surface area contributed by atoms with E-state index in [0.717, 1.165) is 33.4 Å². The number of carbonyl (C=O) groups excluding carboxylic acids is 3. The second-order valence-electron chi connectivity index (χ2n) is 14.0. The van der Waals surface area contributed by atoms with Crippen molar-refractivity contribution < 1.29 is 42.0 Å². The largest absolute Gasteiger partial charge is 0.530 e. The van der Waals surface area contributed by atoms with Crippen molar-refractivity contribution in [1.82, 2.24) is 10.6 Å². The van der Waals surface area contributed by atoms with Gasteiger partial charge in [0.15, 0.2) is 0 Å². The van der Waals surface area contributed by atoms with E-state index in [1.54, 1.807) is 12.1 Å². The molecule has 2 amide bonds. The molecule has 2 N–H and O–H groups in total. The summed E-state index contributed by atoms with van der Waals surface area (Å²) < 4.78 is 36.9. The zero-order valence-electron chi connectivity index (χ0n) is 32.6. The van der Waals surface area contributed by atoms with Gasteiger partial charge in [-0.1, -0.05) is 191 Å². The van der Waals surface area contributed by atoms with Crippen LogP contribution in [0.5, 0.6) is 5.75 Å². The highest BCUT2D eigenvalue weighted by Crippen LogP contribution is 2.52. The van der Waals surface area contributed by atoms with Crippen LogP contribution in [-0.2, 0) is 52.1 Å². The highest BCUT2D eigenvalue weighted by Gasteiger charge is 2.37. The van der Waals surface area contributed by atoms with Gasteiger partial charge in [-0.05, 0) is 51.1 Å². The van der Waals surface area contributed by atoms with Crippen molar-refractivity contribution in [2.75, 3.05) is 19.8 Å². The summed E-state index contributed by atoms with van der Waals surface area (Å²) in [6, 6.07) is 37.5. The number of esters is 1. The van der Waals surface area contributed by atoms with Gasteiger partial charge in [0.25, 0.3) is 0 Å². The summed E-state index contributed by atoms with van der Waals surface area (Å²) in [5.74, 6) is -1.64. The fourth-order valence-corrected chi connectivity index (χ4v) is 8.63. The molecule has 0 aliphatic heterocycles. The van der Waals surface area contributed by atoms with Gasteiger partial charge in [0.1, 0.15) is 44.3 Å². The monoisotopic (exact) mass is 980 g/mol. The topological polar surface area (TPSA) is 138 Å². The third-order valence-corrected chi connectivity index (χ3v) is 11.4. The van der Waals surface area contributed by atoms with Gasteiger partial charge in [0.05, 0.1) is 0 Å². The molecule has 1 aliphatic carbocycles. The minimum Gasteiger partial charge on any atom is -0.459 e. The minimum absolute atomic E-state index is 0.0105. The number of nitrogens with one attached hydrogen (secondary N) is 2. The van der Waals surface area contributed by atoms with Gasteiger partial charge in [-0.2, -0.15) is 0 Å². The SMILES string of the molecule is O=C(N[C@@H](Cc1ccc(OP(=O)(OCC(Cl)(Cl)Cl)OCC(Cl)(Cl)Cl)cc1)C(=O)N[C@@H](Cc1ccccc1)C(=O)OCc1ccccc1)OCC1c2ccccc2-c2ccccc21. The van der Waals surface area contributed by atoms with Crippen LogP contribution in [0.2, 0.25) is 0 Å². The summed E-state index contributed by atoms with van der Waals surface area (Å²) in [4.78, 5) is 41.5. The molecule has 62 heavy (non-hydrogen) atoms. The molecule has 5 aromatic carbocycles. The predicted molar refractivity (Wildman–Crippen MR) is 241 cm³/mol. The van der Waals surface area contributed by atoms with Gasteiger partial charge in [-0.15, -0.1) is 0 Å². The molecule has 0 saturated heterocycles. The number of fused-ring (bicyclic) bond motifs is 3. The van der Waals surface area contributed by atoms with Gasteiger partial charge in [0, 0.05) is 18.8 Å². The third-order valence-electron chi connectivity index (χ3n) is 9.41. The van der Waals surface area contributed by atoms with E-state index >= 15 is 0 Å². The Morgan fingerprint density at radius 2 is 1.06 bits per heavy atom. The molecule has 6 rings (SSSR count). The first-order chi connectivity index (χ1) is 29.5. The van der Waals surface area contributed by atoms with Crippen LogP contribution in [0.25, 0.3) is 11.1 Å². The first kappa shape index (κ1) is 47.5. The number of phosphoric acid groups is 1. The minimum atomic E-state index is -4.54. The van der Waals surface area contributed by atoms with E-state index in [1.807, 2.05) is 109 Å². The Morgan fingerprint density at radius 3 is 1.61 bits per heavy atom. The Bertz CT molecular complexity index is 2280. The number of halogens is 6. The maximum atomic E-state index is 14.3. The summed E-state index contributed by atoms with van der Waals surface area (Å²) in [5.41, 5.74) is 6.15. The maximum absolute atomic E-state index is 14.3. The number of alkyl halides is 6. The van der Waals surface area contributed by atoms with Crippen LogP contribution >= 0.6 is 77.4 Å². The average molecular weight is 983 g/mol. The number of rotatable bonds is 18. The number of hydrogen-bond acceptors (Lipinski definition) is 9. The molecule has 0 unspecified atom stereocenters. The molecule has 1 aliphatic rings. The Morgan fingerprint density at radius 1 is 0.581 bits per heavy atom. The molecular formula is C44H39Cl6N2O9P. The van der Waals surface area contributed by atoms with Gasteiger partial charge in [-0.3, -0.25) is 13.8 Å². The molecular weight excluding hydrogens is 944 g/mol. The molecule has 0 saturated carbocycles. The quantitative estimate of drug-likeness (QED) is 0.0499. The van der Waals surface area contributed by atoms with Crippen LogP contribution in [0.4, 0.5) is 4.79 Å². The molecule has 5 aromatic rings. The third kappa shape index (κ3) is 14.3. The molecule has 0 bridgehead atoms. The van der Waals surface area contributed by atoms with Crippen molar-refractivity contribution >= 4 is 95.4 Å². The summed E-state index contributed by atoms with van der Waals surface area (Å²) in [5, 5.41) is 5.50. The van der Waals surface area contributed by atoms with Gasteiger partial charge >= 0.3 is 19.9 Å². The van der Waals surface area contributed by atoms with E-state index < -0.39 is 58.7 Å². The number of benzene rings is 5. The highest BCUT2D eigenvalue weighted by atomic mass is 35.6. The highest BCUT2D eigenvalue weighted by molar-refractivity contribution is 7.49. The van der Waals surface area contributed by atoms with Gasteiger partial charge in [0.2, 0.25) is 13.5 Å². The van der Waals surface area contributed by atoms with E-state index in [-0.39, 0.29) is 37.7 Å². The Labute approximate surface area is 388 Å². The van der Waals surface area contributed by atoms with Gasteiger partial charge < -0.3 is 24.6 Å². The Hall–Kier alpha value is -4.00. The first-order valence-corrected chi connectivity index (χ1v) is 22.7. The van der Waals surface area contributed by atoms with E-state index in [2.05, 4.69) is 10.6 Å². The number of ether oxygens (including phenoxy) is 2. The fourth-order valence-electron chi connectivity index (χ4n) is 6.58. The molecule has 0 heterocycles. The summed E-state index contributed by atoms with van der Waals surface area (Å²) in [7, 11) is -4.54. The molecule has 326 valence electrons. The van der Waals surface area contributed by atoms with Crippen LogP contribution in [0, 0.1) is 0 Å². The first-order valence-electron chi connectivity index (χ1n) is 19.0. The lowest BCUT2D eigenvalue weighted by Crippen LogP contribution is -2.53. The van der Waals surface area contributed by atoms with Crippen molar-refractivity contribution in [2.45, 2.75) is 45.0 Å². The van der Waals surface area contributed by atoms with Crippen LogP contribution in [-0.4, -0.2) is 57.5 Å². The number of amides is 2. The Balaban J connectivity index is 1.21. The summed E-state index contributed by atoms with van der Waals surface area (Å²) in [6.45, 7) is -1.43. The van der Waals surface area contributed by atoms with E-state index in [4.69, 9.17) is 92.7 Å². The van der Waals surface area contributed by atoms with Crippen LogP contribution < -0.4 is 15.2 Å². The smallest absolute Gasteiger partial charge is 0.459 e. The van der Waals surface area contributed by atoms with Gasteiger partial charge in [-0.25, -0.2) is 14.2 Å². The van der Waals surface area contributed by atoms with Crippen LogP contribution in [0.3, 0.4) is 0 Å². The molecule has 11 nitrogen and oxygen atoms in total. The summed E-state index contributed by atoms with van der Waals surface area (Å²) >= 11 is 34.7. The van der Waals surface area contributed by atoms with Crippen molar-refractivity contribution in [3.8, 4) is 16.9 Å². The lowest BCUT2D eigenvalue weighted by Gasteiger charge is -2.24. The van der Waals surface area contributed by atoms with Crippen LogP contribution in [0.1, 0.15) is 33.7 Å².